The Labute approximate surface area is 157 Å². The monoisotopic (exact) mass is 374 g/mol. The molecule has 27 heavy (non-hydrogen) atoms. The molecule has 0 saturated heterocycles. The van der Waals surface area contributed by atoms with E-state index in [4.69, 9.17) is 14.2 Å². The number of benzene rings is 2. The second-order valence-electron chi connectivity index (χ2n) is 5.69. The number of hydrazone groups is 1. The van der Waals surface area contributed by atoms with E-state index in [0.29, 0.717) is 23.6 Å². The van der Waals surface area contributed by atoms with Crippen LogP contribution in [0.5, 0.6) is 17.2 Å². The molecule has 0 radical (unpaired) electrons. The van der Waals surface area contributed by atoms with E-state index in [9.17, 15) is 9.18 Å². The molecule has 144 valence electrons. The van der Waals surface area contributed by atoms with E-state index >= 15 is 0 Å². The van der Waals surface area contributed by atoms with Gasteiger partial charge in [-0.3, -0.25) is 4.79 Å². The van der Waals surface area contributed by atoms with E-state index in [1.54, 1.807) is 44.2 Å². The molecular formula is C20H23FN2O4. The average molecular weight is 374 g/mol. The highest BCUT2D eigenvalue weighted by Crippen LogP contribution is 2.19. The number of amides is 1. The van der Waals surface area contributed by atoms with E-state index in [-0.39, 0.29) is 5.75 Å². The fourth-order valence-electron chi connectivity index (χ4n) is 2.22. The van der Waals surface area contributed by atoms with Gasteiger partial charge in [0.05, 0.1) is 19.4 Å². The number of ether oxygens (including phenoxy) is 3. The van der Waals surface area contributed by atoms with Crippen molar-refractivity contribution in [1.82, 2.24) is 5.43 Å². The maximum absolute atomic E-state index is 13.8. The fraction of sp³-hybridized carbons (Fsp3) is 0.300. The van der Waals surface area contributed by atoms with Gasteiger partial charge in [-0.2, -0.15) is 5.10 Å². The molecule has 2 aromatic rings. The summed E-state index contributed by atoms with van der Waals surface area (Å²) in [5, 5.41) is 4.00. The van der Waals surface area contributed by atoms with Crippen LogP contribution in [0.1, 0.15) is 26.3 Å². The van der Waals surface area contributed by atoms with Gasteiger partial charge >= 0.3 is 0 Å². The lowest BCUT2D eigenvalue weighted by Crippen LogP contribution is -2.33. The largest absolute Gasteiger partial charge is 0.494 e. The molecule has 2 aromatic carbocycles. The first-order valence-corrected chi connectivity index (χ1v) is 8.52. The highest BCUT2D eigenvalue weighted by Gasteiger charge is 2.14. The molecule has 0 heterocycles. The Kier molecular flexibility index (Phi) is 7.16. The Hall–Kier alpha value is -3.09. The van der Waals surface area contributed by atoms with Crippen LogP contribution in [0.2, 0.25) is 0 Å². The zero-order valence-electron chi connectivity index (χ0n) is 15.8. The van der Waals surface area contributed by atoms with E-state index < -0.39 is 17.8 Å². The van der Waals surface area contributed by atoms with Gasteiger partial charge in [0.1, 0.15) is 11.5 Å². The number of carbonyl (C=O) groups is 1. The molecule has 0 saturated carbocycles. The summed E-state index contributed by atoms with van der Waals surface area (Å²) in [5.74, 6) is 0.501. The number of rotatable bonds is 8. The average Bonchev–Trinajstić information content (AvgIpc) is 2.67. The summed E-state index contributed by atoms with van der Waals surface area (Å²) < 4.78 is 29.6. The minimum Gasteiger partial charge on any atom is -0.494 e. The molecule has 0 bridgehead atoms. The summed E-state index contributed by atoms with van der Waals surface area (Å²) in [7, 11) is 1.39. The van der Waals surface area contributed by atoms with Crippen molar-refractivity contribution in [1.29, 1.82) is 0 Å². The van der Waals surface area contributed by atoms with E-state index in [0.717, 1.165) is 5.75 Å². The molecular weight excluding hydrogens is 351 g/mol. The molecule has 0 unspecified atom stereocenters. The molecule has 0 aromatic heterocycles. The van der Waals surface area contributed by atoms with Crippen LogP contribution in [-0.2, 0) is 4.79 Å². The Balaban J connectivity index is 1.95. The third kappa shape index (κ3) is 5.70. The van der Waals surface area contributed by atoms with Crippen molar-refractivity contribution >= 4 is 11.6 Å². The SMILES string of the molecule is CCOc1ccc(O[C@H](C)C(=O)N/N=C(/C)c2ccc(OC)c(F)c2)cc1. The number of carbonyl (C=O) groups excluding carboxylic acids is 1. The van der Waals surface area contributed by atoms with Crippen LogP contribution in [0, 0.1) is 5.82 Å². The number of hydrogen-bond donors (Lipinski definition) is 1. The van der Waals surface area contributed by atoms with Gasteiger partial charge in [-0.05, 0) is 63.2 Å². The molecule has 0 aliphatic heterocycles. The van der Waals surface area contributed by atoms with Crippen LogP contribution in [-0.4, -0.2) is 31.4 Å². The zero-order chi connectivity index (χ0) is 19.8. The van der Waals surface area contributed by atoms with Crippen molar-refractivity contribution < 1.29 is 23.4 Å². The number of methoxy groups -OCH3 is 1. The normalized spacial score (nSPS) is 12.3. The maximum atomic E-state index is 13.8. The van der Waals surface area contributed by atoms with Crippen molar-refractivity contribution in [2.24, 2.45) is 5.10 Å². The number of nitrogens with one attached hydrogen (secondary N) is 1. The van der Waals surface area contributed by atoms with Crippen LogP contribution < -0.4 is 19.6 Å². The lowest BCUT2D eigenvalue weighted by molar-refractivity contribution is -0.127. The minimum absolute atomic E-state index is 0.146. The molecule has 0 fully saturated rings. The number of halogens is 1. The summed E-state index contributed by atoms with van der Waals surface area (Å²) in [6.07, 6.45) is -0.757. The van der Waals surface area contributed by atoms with Crippen LogP contribution in [0.15, 0.2) is 47.6 Å². The van der Waals surface area contributed by atoms with Gasteiger partial charge in [0.15, 0.2) is 17.7 Å². The van der Waals surface area contributed by atoms with Gasteiger partial charge in [0, 0.05) is 5.56 Å². The quantitative estimate of drug-likeness (QED) is 0.567. The van der Waals surface area contributed by atoms with Crippen molar-refractivity contribution in [2.45, 2.75) is 26.9 Å². The molecule has 0 spiro atoms. The Morgan fingerprint density at radius 1 is 1.19 bits per heavy atom. The maximum Gasteiger partial charge on any atom is 0.280 e. The summed E-state index contributed by atoms with van der Waals surface area (Å²) in [4.78, 5) is 12.2. The van der Waals surface area contributed by atoms with Crippen molar-refractivity contribution in [2.75, 3.05) is 13.7 Å². The van der Waals surface area contributed by atoms with Crippen LogP contribution in [0.4, 0.5) is 4.39 Å². The van der Waals surface area contributed by atoms with Gasteiger partial charge < -0.3 is 14.2 Å². The number of hydrogen-bond acceptors (Lipinski definition) is 5. The second kappa shape index (κ2) is 9.56. The van der Waals surface area contributed by atoms with Gasteiger partial charge in [0.25, 0.3) is 5.91 Å². The van der Waals surface area contributed by atoms with Crippen LogP contribution in [0.25, 0.3) is 0 Å². The smallest absolute Gasteiger partial charge is 0.280 e. The van der Waals surface area contributed by atoms with E-state index in [2.05, 4.69) is 10.5 Å². The topological polar surface area (TPSA) is 69.2 Å². The Bertz CT molecular complexity index is 806. The molecule has 6 nitrogen and oxygen atoms in total. The summed E-state index contributed by atoms with van der Waals surface area (Å²) in [5.41, 5.74) is 3.42. The standard InChI is InChI=1S/C20H23FN2O4/c1-5-26-16-7-9-17(10-8-16)27-14(3)20(24)23-22-13(2)15-6-11-19(25-4)18(21)12-15/h6-12,14H,5H2,1-4H3,(H,23,24)/b22-13-/t14-/m1/s1. The van der Waals surface area contributed by atoms with Crippen molar-refractivity contribution in [3.05, 3.63) is 53.8 Å². The highest BCUT2D eigenvalue weighted by atomic mass is 19.1. The molecule has 1 N–H and O–H groups in total. The van der Waals surface area contributed by atoms with Crippen LogP contribution >= 0.6 is 0 Å². The first kappa shape index (κ1) is 20.2. The Morgan fingerprint density at radius 3 is 2.44 bits per heavy atom. The van der Waals surface area contributed by atoms with Gasteiger partial charge in [-0.15, -0.1) is 0 Å². The van der Waals surface area contributed by atoms with Crippen molar-refractivity contribution in [3.8, 4) is 17.2 Å². The lowest BCUT2D eigenvalue weighted by atomic mass is 10.1. The Morgan fingerprint density at radius 2 is 1.85 bits per heavy atom. The van der Waals surface area contributed by atoms with Gasteiger partial charge in [0.2, 0.25) is 0 Å². The zero-order valence-corrected chi connectivity index (χ0v) is 15.8. The first-order valence-electron chi connectivity index (χ1n) is 8.52. The molecule has 0 aliphatic rings. The summed E-state index contributed by atoms with van der Waals surface area (Å²) in [6.45, 7) is 5.76. The molecule has 2 rings (SSSR count). The first-order chi connectivity index (χ1) is 12.9. The predicted octanol–water partition coefficient (Wildman–Crippen LogP) is 3.54. The minimum atomic E-state index is -0.757. The fourth-order valence-corrected chi connectivity index (χ4v) is 2.22. The second-order valence-corrected chi connectivity index (χ2v) is 5.69. The molecule has 1 amide bonds. The van der Waals surface area contributed by atoms with Crippen molar-refractivity contribution in [3.63, 3.8) is 0 Å². The lowest BCUT2D eigenvalue weighted by Gasteiger charge is -2.14. The molecule has 1 atom stereocenters. The summed E-state index contributed by atoms with van der Waals surface area (Å²) >= 11 is 0. The van der Waals surface area contributed by atoms with Gasteiger partial charge in [-0.1, -0.05) is 0 Å². The van der Waals surface area contributed by atoms with E-state index in [1.165, 1.54) is 19.2 Å². The number of nitrogens with zero attached hydrogens (tertiary/aromatic N) is 1. The van der Waals surface area contributed by atoms with Crippen LogP contribution in [0.3, 0.4) is 0 Å². The third-order valence-corrected chi connectivity index (χ3v) is 3.72. The third-order valence-electron chi connectivity index (χ3n) is 3.72. The highest BCUT2D eigenvalue weighted by molar-refractivity contribution is 5.99. The van der Waals surface area contributed by atoms with E-state index in [1.807, 2.05) is 6.92 Å². The predicted molar refractivity (Wildman–Crippen MR) is 101 cm³/mol. The molecule has 7 heteroatoms. The molecule has 0 aliphatic carbocycles. The summed E-state index contributed by atoms with van der Waals surface area (Å²) in [6, 6.07) is 11.4. The van der Waals surface area contributed by atoms with Gasteiger partial charge in [-0.25, -0.2) is 9.82 Å².